The number of hydrogen-bond acceptors (Lipinski definition) is 2. The van der Waals surface area contributed by atoms with Crippen molar-refractivity contribution >= 4 is 0 Å². The van der Waals surface area contributed by atoms with Gasteiger partial charge in [-0.05, 0) is 38.1 Å². The molecule has 0 aromatic rings. The molecule has 15 heavy (non-hydrogen) atoms. The van der Waals surface area contributed by atoms with E-state index in [0.717, 1.165) is 12.5 Å². The Morgan fingerprint density at radius 3 is 2.40 bits per heavy atom. The Balaban J connectivity index is 2.53. The topological polar surface area (TPSA) is 29.3 Å². The molecule has 0 heterocycles. The molecule has 2 nitrogen and oxygen atoms in total. The van der Waals surface area contributed by atoms with E-state index in [1.807, 2.05) is 0 Å². The van der Waals surface area contributed by atoms with Gasteiger partial charge in [-0.15, -0.1) is 0 Å². The third-order valence-electron chi connectivity index (χ3n) is 4.43. The molecular formula is C13H28N2. The van der Waals surface area contributed by atoms with Gasteiger partial charge in [-0.2, -0.15) is 0 Å². The van der Waals surface area contributed by atoms with E-state index in [1.165, 1.54) is 19.3 Å². The number of hydrogen-bond donors (Lipinski definition) is 1. The number of nitrogens with two attached hydrogens (primary N) is 1. The van der Waals surface area contributed by atoms with Crippen LogP contribution in [0.25, 0.3) is 0 Å². The fraction of sp³-hybridized carbons (Fsp3) is 1.00. The monoisotopic (exact) mass is 212 g/mol. The Bertz CT molecular complexity index is 203. The molecule has 90 valence electrons. The summed E-state index contributed by atoms with van der Waals surface area (Å²) in [5.74, 6) is 0.719. The molecule has 1 aliphatic carbocycles. The Kier molecular flexibility index (Phi) is 4.19. The average Bonchev–Trinajstić information content (AvgIpc) is 2.45. The van der Waals surface area contributed by atoms with Crippen molar-refractivity contribution in [3.05, 3.63) is 0 Å². The summed E-state index contributed by atoms with van der Waals surface area (Å²) < 4.78 is 0. The zero-order valence-corrected chi connectivity index (χ0v) is 11.1. The fourth-order valence-corrected chi connectivity index (χ4v) is 2.68. The molecular weight excluding hydrogens is 184 g/mol. The zero-order valence-electron chi connectivity index (χ0n) is 11.1. The summed E-state index contributed by atoms with van der Waals surface area (Å²) in [5.41, 5.74) is 6.56. The summed E-state index contributed by atoms with van der Waals surface area (Å²) in [6.07, 6.45) is 3.81. The molecule has 2 N–H and O–H groups in total. The van der Waals surface area contributed by atoms with Gasteiger partial charge in [0.15, 0.2) is 0 Å². The zero-order chi connectivity index (χ0) is 11.6. The standard InChI is InChI=1S/C13H28N2/c1-10(2)11(3)15(5)9-13(4)8-6-7-12(13)14/h10-12H,6-9,14H2,1-5H3. The lowest BCUT2D eigenvalue weighted by molar-refractivity contribution is 0.123. The normalized spacial score (nSPS) is 34.0. The molecule has 1 rings (SSSR count). The lowest BCUT2D eigenvalue weighted by atomic mass is 9.84. The van der Waals surface area contributed by atoms with Crippen LogP contribution in [0.1, 0.15) is 47.0 Å². The van der Waals surface area contributed by atoms with E-state index < -0.39 is 0 Å². The Hall–Kier alpha value is -0.0800. The summed E-state index contributed by atoms with van der Waals surface area (Å²) in [7, 11) is 2.24. The molecule has 1 fully saturated rings. The van der Waals surface area contributed by atoms with Crippen LogP contribution in [0.2, 0.25) is 0 Å². The highest BCUT2D eigenvalue weighted by molar-refractivity contribution is 4.93. The van der Waals surface area contributed by atoms with Gasteiger partial charge in [0, 0.05) is 18.6 Å². The van der Waals surface area contributed by atoms with E-state index in [1.54, 1.807) is 0 Å². The van der Waals surface area contributed by atoms with Gasteiger partial charge in [-0.3, -0.25) is 0 Å². The molecule has 0 bridgehead atoms. The largest absolute Gasteiger partial charge is 0.327 e. The van der Waals surface area contributed by atoms with Crippen molar-refractivity contribution in [1.82, 2.24) is 4.90 Å². The van der Waals surface area contributed by atoms with Gasteiger partial charge in [-0.1, -0.05) is 27.2 Å². The summed E-state index contributed by atoms with van der Waals surface area (Å²) in [6.45, 7) is 10.4. The van der Waals surface area contributed by atoms with Gasteiger partial charge in [0.1, 0.15) is 0 Å². The molecule has 2 heteroatoms. The maximum absolute atomic E-state index is 6.21. The molecule has 3 unspecified atom stereocenters. The second-order valence-corrected chi connectivity index (χ2v) is 6.05. The van der Waals surface area contributed by atoms with E-state index >= 15 is 0 Å². The van der Waals surface area contributed by atoms with Crippen LogP contribution in [0.3, 0.4) is 0 Å². The Morgan fingerprint density at radius 2 is 2.00 bits per heavy atom. The predicted molar refractivity (Wildman–Crippen MR) is 66.9 cm³/mol. The number of rotatable bonds is 4. The van der Waals surface area contributed by atoms with Gasteiger partial charge in [0.05, 0.1) is 0 Å². The lowest BCUT2D eigenvalue weighted by Crippen LogP contribution is -2.46. The van der Waals surface area contributed by atoms with Crippen molar-refractivity contribution in [3.8, 4) is 0 Å². The van der Waals surface area contributed by atoms with Crippen molar-refractivity contribution in [2.24, 2.45) is 17.1 Å². The molecule has 0 aliphatic heterocycles. The van der Waals surface area contributed by atoms with Crippen molar-refractivity contribution in [1.29, 1.82) is 0 Å². The minimum Gasteiger partial charge on any atom is -0.327 e. The number of nitrogens with zero attached hydrogens (tertiary/aromatic N) is 1. The third-order valence-corrected chi connectivity index (χ3v) is 4.43. The van der Waals surface area contributed by atoms with Gasteiger partial charge >= 0.3 is 0 Å². The quantitative estimate of drug-likeness (QED) is 0.776. The van der Waals surface area contributed by atoms with Crippen LogP contribution >= 0.6 is 0 Å². The van der Waals surface area contributed by atoms with Crippen LogP contribution < -0.4 is 5.73 Å². The molecule has 1 aliphatic rings. The fourth-order valence-electron chi connectivity index (χ4n) is 2.68. The van der Waals surface area contributed by atoms with Crippen molar-refractivity contribution in [2.75, 3.05) is 13.6 Å². The van der Waals surface area contributed by atoms with E-state index in [2.05, 4.69) is 39.6 Å². The minimum atomic E-state index is 0.345. The molecule has 1 saturated carbocycles. The predicted octanol–water partition coefficient (Wildman–Crippen LogP) is 2.48. The van der Waals surface area contributed by atoms with Crippen LogP contribution in [-0.2, 0) is 0 Å². The highest BCUT2D eigenvalue weighted by atomic mass is 15.1. The van der Waals surface area contributed by atoms with E-state index in [9.17, 15) is 0 Å². The maximum atomic E-state index is 6.21. The molecule has 0 aromatic heterocycles. The Morgan fingerprint density at radius 1 is 1.40 bits per heavy atom. The molecule has 0 spiro atoms. The highest BCUT2D eigenvalue weighted by Gasteiger charge is 2.37. The smallest absolute Gasteiger partial charge is 0.0105 e. The lowest BCUT2D eigenvalue weighted by Gasteiger charge is -2.37. The van der Waals surface area contributed by atoms with Crippen LogP contribution in [0.4, 0.5) is 0 Å². The van der Waals surface area contributed by atoms with Crippen LogP contribution in [0, 0.1) is 11.3 Å². The summed E-state index contributed by atoms with van der Waals surface area (Å²) in [6, 6.07) is 1.05. The van der Waals surface area contributed by atoms with E-state index in [0.29, 0.717) is 17.5 Å². The maximum Gasteiger partial charge on any atom is 0.0105 e. The first-order valence-electron chi connectivity index (χ1n) is 6.32. The van der Waals surface area contributed by atoms with Crippen LogP contribution in [0.5, 0.6) is 0 Å². The van der Waals surface area contributed by atoms with Crippen molar-refractivity contribution in [3.63, 3.8) is 0 Å². The van der Waals surface area contributed by atoms with Gasteiger partial charge < -0.3 is 10.6 Å². The Labute approximate surface area is 95.2 Å². The molecule has 0 saturated heterocycles. The minimum absolute atomic E-state index is 0.345. The molecule has 0 radical (unpaired) electrons. The van der Waals surface area contributed by atoms with Crippen molar-refractivity contribution < 1.29 is 0 Å². The van der Waals surface area contributed by atoms with Gasteiger partial charge in [0.2, 0.25) is 0 Å². The first-order valence-corrected chi connectivity index (χ1v) is 6.32. The first kappa shape index (κ1) is 13.0. The molecule has 0 amide bonds. The third kappa shape index (κ3) is 2.94. The second-order valence-electron chi connectivity index (χ2n) is 6.05. The molecule has 0 aromatic carbocycles. The average molecular weight is 212 g/mol. The summed E-state index contributed by atoms with van der Waals surface area (Å²) in [5, 5.41) is 0. The summed E-state index contributed by atoms with van der Waals surface area (Å²) in [4.78, 5) is 2.48. The molecule has 3 atom stereocenters. The van der Waals surface area contributed by atoms with E-state index in [4.69, 9.17) is 5.73 Å². The van der Waals surface area contributed by atoms with Crippen LogP contribution in [0.15, 0.2) is 0 Å². The van der Waals surface area contributed by atoms with Gasteiger partial charge in [-0.25, -0.2) is 0 Å². The highest BCUT2D eigenvalue weighted by Crippen LogP contribution is 2.37. The van der Waals surface area contributed by atoms with Crippen LogP contribution in [-0.4, -0.2) is 30.6 Å². The van der Waals surface area contributed by atoms with Crippen molar-refractivity contribution in [2.45, 2.75) is 59.0 Å². The summed E-state index contributed by atoms with van der Waals surface area (Å²) >= 11 is 0. The SMILES string of the molecule is CC(C)C(C)N(C)CC1(C)CCCC1N. The van der Waals surface area contributed by atoms with E-state index in [-0.39, 0.29) is 0 Å². The second kappa shape index (κ2) is 4.84. The first-order chi connectivity index (χ1) is 6.87. The van der Waals surface area contributed by atoms with Gasteiger partial charge in [0.25, 0.3) is 0 Å².